The van der Waals surface area contributed by atoms with Gasteiger partial charge in [0, 0.05) is 17.0 Å². The van der Waals surface area contributed by atoms with Crippen LogP contribution in [-0.2, 0) is 6.54 Å². The van der Waals surface area contributed by atoms with Crippen molar-refractivity contribution in [2.75, 3.05) is 5.73 Å². The number of hydrogen-bond acceptors (Lipinski definition) is 3. The highest BCUT2D eigenvalue weighted by Gasteiger charge is 2.07. The highest BCUT2D eigenvalue weighted by molar-refractivity contribution is 5.89. The normalized spacial score (nSPS) is 11.2. The zero-order valence-corrected chi connectivity index (χ0v) is 11.4. The number of fused-ring (bicyclic) bond motifs is 2. The van der Waals surface area contributed by atoms with Gasteiger partial charge in [-0.2, -0.15) is 5.10 Å². The Balaban J connectivity index is 1.79. The van der Waals surface area contributed by atoms with E-state index in [0.717, 1.165) is 21.8 Å². The number of nitrogen functional groups attached to an aromatic ring is 1. The van der Waals surface area contributed by atoms with Crippen LogP contribution in [0.4, 0.5) is 5.82 Å². The van der Waals surface area contributed by atoms with Gasteiger partial charge in [0.15, 0.2) is 5.82 Å². The van der Waals surface area contributed by atoms with Crippen molar-refractivity contribution in [3.05, 3.63) is 66.4 Å². The van der Waals surface area contributed by atoms with E-state index in [1.165, 1.54) is 5.56 Å². The lowest BCUT2D eigenvalue weighted by Gasteiger charge is -2.05. The van der Waals surface area contributed by atoms with Crippen molar-refractivity contribution >= 4 is 27.6 Å². The van der Waals surface area contributed by atoms with Crippen LogP contribution in [0.15, 0.2) is 60.8 Å². The number of pyridine rings is 1. The van der Waals surface area contributed by atoms with Crippen LogP contribution in [0.25, 0.3) is 21.8 Å². The topological polar surface area (TPSA) is 56.7 Å². The molecule has 0 amide bonds. The van der Waals surface area contributed by atoms with Gasteiger partial charge in [-0.25, -0.2) is 0 Å². The van der Waals surface area contributed by atoms with Crippen LogP contribution in [0.5, 0.6) is 0 Å². The second-order valence-corrected chi connectivity index (χ2v) is 5.09. The number of aromatic nitrogens is 3. The number of hydrogen-bond donors (Lipinski definition) is 1. The summed E-state index contributed by atoms with van der Waals surface area (Å²) in [5, 5.41) is 6.58. The van der Waals surface area contributed by atoms with E-state index >= 15 is 0 Å². The maximum Gasteiger partial charge on any atom is 0.153 e. The first-order valence-corrected chi connectivity index (χ1v) is 6.86. The summed E-state index contributed by atoms with van der Waals surface area (Å²) in [5.41, 5.74) is 9.23. The third kappa shape index (κ3) is 2.01. The molecule has 102 valence electrons. The molecule has 4 heteroatoms. The molecule has 4 nitrogen and oxygen atoms in total. The SMILES string of the molecule is Nc1nn(Cc2ccc3ncccc3c2)c2ccccc12. The summed E-state index contributed by atoms with van der Waals surface area (Å²) in [5.74, 6) is 0.577. The van der Waals surface area contributed by atoms with Crippen LogP contribution in [0.2, 0.25) is 0 Å². The summed E-state index contributed by atoms with van der Waals surface area (Å²) in [6, 6.07) is 18.3. The van der Waals surface area contributed by atoms with Crippen LogP contribution in [-0.4, -0.2) is 14.8 Å². The largest absolute Gasteiger partial charge is 0.382 e. The number of nitrogens with zero attached hydrogens (tertiary/aromatic N) is 3. The summed E-state index contributed by atoms with van der Waals surface area (Å²) in [7, 11) is 0. The minimum absolute atomic E-state index is 0.577. The quantitative estimate of drug-likeness (QED) is 0.610. The second-order valence-electron chi connectivity index (χ2n) is 5.09. The van der Waals surface area contributed by atoms with Gasteiger partial charge in [0.1, 0.15) is 0 Å². The van der Waals surface area contributed by atoms with E-state index in [9.17, 15) is 0 Å². The van der Waals surface area contributed by atoms with Crippen LogP contribution in [0.3, 0.4) is 0 Å². The zero-order chi connectivity index (χ0) is 14.2. The summed E-state index contributed by atoms with van der Waals surface area (Å²) in [4.78, 5) is 4.34. The Kier molecular flexibility index (Phi) is 2.60. The van der Waals surface area contributed by atoms with Gasteiger partial charge in [-0.3, -0.25) is 9.67 Å². The third-order valence-corrected chi connectivity index (χ3v) is 3.69. The van der Waals surface area contributed by atoms with Crippen molar-refractivity contribution in [2.45, 2.75) is 6.54 Å². The van der Waals surface area contributed by atoms with Gasteiger partial charge in [0.05, 0.1) is 17.6 Å². The Bertz CT molecular complexity index is 940. The summed E-state index contributed by atoms with van der Waals surface area (Å²) in [6.45, 7) is 0.697. The van der Waals surface area contributed by atoms with Gasteiger partial charge in [0.2, 0.25) is 0 Å². The first-order chi connectivity index (χ1) is 10.3. The maximum absolute atomic E-state index is 5.98. The van der Waals surface area contributed by atoms with Crippen molar-refractivity contribution in [3.63, 3.8) is 0 Å². The Morgan fingerprint density at radius 3 is 2.86 bits per heavy atom. The molecule has 2 aromatic heterocycles. The molecular formula is C17H14N4. The number of para-hydroxylation sites is 1. The number of anilines is 1. The first-order valence-electron chi connectivity index (χ1n) is 6.86. The summed E-state index contributed by atoms with van der Waals surface area (Å²) < 4.78 is 1.95. The van der Waals surface area contributed by atoms with Crippen LogP contribution in [0.1, 0.15) is 5.56 Å². The van der Waals surface area contributed by atoms with E-state index in [1.807, 2.05) is 47.3 Å². The standard InChI is InChI=1S/C17H14N4/c18-17-14-5-1-2-6-16(14)21(20-17)11-12-7-8-15-13(10-12)4-3-9-19-15/h1-10H,11H2,(H2,18,20). The highest BCUT2D eigenvalue weighted by atomic mass is 15.3. The van der Waals surface area contributed by atoms with E-state index < -0.39 is 0 Å². The van der Waals surface area contributed by atoms with Gasteiger partial charge in [-0.15, -0.1) is 0 Å². The van der Waals surface area contributed by atoms with E-state index in [1.54, 1.807) is 0 Å². The molecule has 2 N–H and O–H groups in total. The summed E-state index contributed by atoms with van der Waals surface area (Å²) >= 11 is 0. The molecule has 0 radical (unpaired) electrons. The molecule has 0 saturated carbocycles. The average molecular weight is 274 g/mol. The van der Waals surface area contributed by atoms with Gasteiger partial charge in [0.25, 0.3) is 0 Å². The molecule has 0 aliphatic carbocycles. The smallest absolute Gasteiger partial charge is 0.153 e. The minimum atomic E-state index is 0.577. The van der Waals surface area contributed by atoms with Crippen LogP contribution < -0.4 is 5.73 Å². The summed E-state index contributed by atoms with van der Waals surface area (Å²) in [6.07, 6.45) is 1.81. The Morgan fingerprint density at radius 1 is 1.00 bits per heavy atom. The molecule has 0 fully saturated rings. The predicted molar refractivity (Wildman–Crippen MR) is 85.0 cm³/mol. The maximum atomic E-state index is 5.98. The molecule has 0 aliphatic rings. The number of nitrogens with two attached hydrogens (primary N) is 1. The minimum Gasteiger partial charge on any atom is -0.382 e. The van der Waals surface area contributed by atoms with Crippen LogP contribution in [0, 0.1) is 0 Å². The monoisotopic (exact) mass is 274 g/mol. The fourth-order valence-corrected chi connectivity index (χ4v) is 2.67. The lowest BCUT2D eigenvalue weighted by molar-refractivity contribution is 0.716. The number of rotatable bonds is 2. The van der Waals surface area contributed by atoms with Gasteiger partial charge in [-0.1, -0.05) is 24.3 Å². The molecule has 2 aromatic carbocycles. The molecule has 0 aliphatic heterocycles. The van der Waals surface area contributed by atoms with Crippen molar-refractivity contribution in [3.8, 4) is 0 Å². The van der Waals surface area contributed by atoms with Crippen molar-refractivity contribution in [1.82, 2.24) is 14.8 Å². The first kappa shape index (κ1) is 11.9. The molecule has 0 unspecified atom stereocenters. The molecule has 0 saturated heterocycles. The van der Waals surface area contributed by atoms with Crippen molar-refractivity contribution < 1.29 is 0 Å². The molecular weight excluding hydrogens is 260 g/mol. The molecule has 21 heavy (non-hydrogen) atoms. The Hall–Kier alpha value is -2.88. The van der Waals surface area contributed by atoms with Crippen LogP contribution >= 0.6 is 0 Å². The molecule has 2 heterocycles. The fourth-order valence-electron chi connectivity index (χ4n) is 2.67. The van der Waals surface area contributed by atoms with E-state index in [4.69, 9.17) is 5.73 Å². The zero-order valence-electron chi connectivity index (χ0n) is 11.4. The van der Waals surface area contributed by atoms with Gasteiger partial charge in [-0.05, 0) is 35.9 Å². The fraction of sp³-hybridized carbons (Fsp3) is 0.0588. The van der Waals surface area contributed by atoms with Gasteiger partial charge < -0.3 is 5.73 Å². The molecule has 4 aromatic rings. The lowest BCUT2D eigenvalue weighted by Crippen LogP contribution is -2.02. The van der Waals surface area contributed by atoms with E-state index in [2.05, 4.69) is 28.3 Å². The third-order valence-electron chi connectivity index (χ3n) is 3.69. The molecule has 0 bridgehead atoms. The van der Waals surface area contributed by atoms with Gasteiger partial charge >= 0.3 is 0 Å². The number of benzene rings is 2. The predicted octanol–water partition coefficient (Wildman–Crippen LogP) is 3.22. The molecule has 0 atom stereocenters. The lowest BCUT2D eigenvalue weighted by atomic mass is 10.1. The van der Waals surface area contributed by atoms with Crippen molar-refractivity contribution in [2.24, 2.45) is 0 Å². The Labute approximate surface area is 121 Å². The Morgan fingerprint density at radius 2 is 1.90 bits per heavy atom. The molecule has 4 rings (SSSR count). The second kappa shape index (κ2) is 4.59. The average Bonchev–Trinajstić information content (AvgIpc) is 2.84. The van der Waals surface area contributed by atoms with E-state index in [0.29, 0.717) is 12.4 Å². The van der Waals surface area contributed by atoms with Crippen molar-refractivity contribution in [1.29, 1.82) is 0 Å². The van der Waals surface area contributed by atoms with E-state index in [-0.39, 0.29) is 0 Å². The highest BCUT2D eigenvalue weighted by Crippen LogP contribution is 2.21. The molecule has 0 spiro atoms.